The standard InChI is InChI=1S/C22H26N2O2/c1-17-6-5-7-18(14-17)15-24-13-10-19(16-24)23-21(25)22(11-12-22)26-20-8-3-2-4-9-20/h2-9,14,19H,10-13,15-16H2,1H3,(H,23,25). The maximum absolute atomic E-state index is 12.7. The molecule has 1 amide bonds. The first kappa shape index (κ1) is 17.1. The minimum atomic E-state index is -0.648. The van der Waals surface area contributed by atoms with Crippen LogP contribution >= 0.6 is 0 Å². The second-order valence-electron chi connectivity index (χ2n) is 7.59. The first-order chi connectivity index (χ1) is 12.6. The van der Waals surface area contributed by atoms with Crippen LogP contribution in [0.2, 0.25) is 0 Å². The van der Waals surface area contributed by atoms with E-state index in [0.29, 0.717) is 0 Å². The summed E-state index contributed by atoms with van der Waals surface area (Å²) in [5.74, 6) is 0.816. The summed E-state index contributed by atoms with van der Waals surface area (Å²) in [4.78, 5) is 15.2. The molecule has 2 aromatic rings. The van der Waals surface area contributed by atoms with E-state index >= 15 is 0 Å². The average Bonchev–Trinajstić information content (AvgIpc) is 3.29. The largest absolute Gasteiger partial charge is 0.477 e. The van der Waals surface area contributed by atoms with Crippen LogP contribution in [0.15, 0.2) is 54.6 Å². The number of amides is 1. The number of hydrogen-bond acceptors (Lipinski definition) is 3. The summed E-state index contributed by atoms with van der Waals surface area (Å²) in [6.07, 6.45) is 2.60. The van der Waals surface area contributed by atoms with Crippen molar-refractivity contribution < 1.29 is 9.53 Å². The highest BCUT2D eigenvalue weighted by atomic mass is 16.5. The van der Waals surface area contributed by atoms with Crippen molar-refractivity contribution in [2.45, 2.75) is 44.4 Å². The highest BCUT2D eigenvalue weighted by Crippen LogP contribution is 2.40. The van der Waals surface area contributed by atoms with Crippen molar-refractivity contribution in [2.75, 3.05) is 13.1 Å². The third kappa shape index (κ3) is 3.91. The molecule has 0 radical (unpaired) electrons. The summed E-state index contributed by atoms with van der Waals surface area (Å²) in [6, 6.07) is 18.5. The van der Waals surface area contributed by atoms with Crippen LogP contribution in [0.4, 0.5) is 0 Å². The number of nitrogens with one attached hydrogen (secondary N) is 1. The van der Waals surface area contributed by atoms with E-state index in [9.17, 15) is 4.79 Å². The van der Waals surface area contributed by atoms with Gasteiger partial charge in [0.25, 0.3) is 5.91 Å². The molecule has 26 heavy (non-hydrogen) atoms. The van der Waals surface area contributed by atoms with Crippen molar-refractivity contribution in [3.8, 4) is 5.75 Å². The maximum atomic E-state index is 12.7. The van der Waals surface area contributed by atoms with E-state index < -0.39 is 5.60 Å². The van der Waals surface area contributed by atoms with Gasteiger partial charge in [-0.15, -0.1) is 0 Å². The molecular formula is C22H26N2O2. The van der Waals surface area contributed by atoms with E-state index in [1.165, 1.54) is 11.1 Å². The van der Waals surface area contributed by atoms with Crippen LogP contribution < -0.4 is 10.1 Å². The van der Waals surface area contributed by atoms with Gasteiger partial charge >= 0.3 is 0 Å². The maximum Gasteiger partial charge on any atom is 0.264 e. The zero-order valence-corrected chi connectivity index (χ0v) is 15.3. The zero-order chi connectivity index (χ0) is 18.0. The normalized spacial score (nSPS) is 21.3. The van der Waals surface area contributed by atoms with E-state index in [4.69, 9.17) is 4.74 Å². The van der Waals surface area contributed by atoms with Crippen LogP contribution in [0.3, 0.4) is 0 Å². The molecule has 4 heteroatoms. The lowest BCUT2D eigenvalue weighted by atomic mass is 10.1. The second kappa shape index (κ2) is 7.12. The summed E-state index contributed by atoms with van der Waals surface area (Å²) in [7, 11) is 0. The summed E-state index contributed by atoms with van der Waals surface area (Å²) < 4.78 is 6.00. The molecular weight excluding hydrogens is 324 g/mol. The minimum absolute atomic E-state index is 0.0451. The van der Waals surface area contributed by atoms with Crippen molar-refractivity contribution in [1.82, 2.24) is 10.2 Å². The third-order valence-electron chi connectivity index (χ3n) is 5.27. The quantitative estimate of drug-likeness (QED) is 0.869. The van der Waals surface area contributed by atoms with Gasteiger partial charge < -0.3 is 10.1 Å². The summed E-state index contributed by atoms with van der Waals surface area (Å²) in [5, 5.41) is 3.22. The van der Waals surface area contributed by atoms with Crippen molar-refractivity contribution in [3.63, 3.8) is 0 Å². The Morgan fingerprint density at radius 1 is 1.19 bits per heavy atom. The number of carbonyl (C=O) groups is 1. The van der Waals surface area contributed by atoms with Crippen molar-refractivity contribution in [1.29, 1.82) is 0 Å². The van der Waals surface area contributed by atoms with Crippen LogP contribution in [0.5, 0.6) is 5.75 Å². The van der Waals surface area contributed by atoms with E-state index in [0.717, 1.165) is 44.6 Å². The Balaban J connectivity index is 1.30. The Morgan fingerprint density at radius 3 is 2.73 bits per heavy atom. The molecule has 2 aliphatic rings. The number of ether oxygens (including phenoxy) is 1. The first-order valence-electron chi connectivity index (χ1n) is 9.46. The lowest BCUT2D eigenvalue weighted by Gasteiger charge is -2.21. The zero-order valence-electron chi connectivity index (χ0n) is 15.3. The fourth-order valence-electron chi connectivity index (χ4n) is 3.68. The second-order valence-corrected chi connectivity index (χ2v) is 7.59. The molecule has 1 heterocycles. The van der Waals surface area contributed by atoms with Gasteiger partial charge in [0.15, 0.2) is 5.60 Å². The van der Waals surface area contributed by atoms with E-state index in [1.54, 1.807) is 0 Å². The molecule has 2 aromatic carbocycles. The lowest BCUT2D eigenvalue weighted by Crippen LogP contribution is -2.46. The molecule has 2 fully saturated rings. The molecule has 136 valence electrons. The number of likely N-dealkylation sites (tertiary alicyclic amines) is 1. The Hall–Kier alpha value is -2.33. The molecule has 0 bridgehead atoms. The topological polar surface area (TPSA) is 41.6 Å². The van der Waals surface area contributed by atoms with E-state index in [2.05, 4.69) is 41.4 Å². The van der Waals surface area contributed by atoms with Crippen LogP contribution in [0.25, 0.3) is 0 Å². The van der Waals surface area contributed by atoms with Crippen molar-refractivity contribution in [2.24, 2.45) is 0 Å². The number of aryl methyl sites for hydroxylation is 1. The molecule has 1 unspecified atom stereocenters. The van der Waals surface area contributed by atoms with E-state index in [-0.39, 0.29) is 11.9 Å². The highest BCUT2D eigenvalue weighted by molar-refractivity contribution is 5.88. The fraction of sp³-hybridized carbons (Fsp3) is 0.409. The highest BCUT2D eigenvalue weighted by Gasteiger charge is 2.53. The molecule has 4 rings (SSSR count). The van der Waals surface area contributed by atoms with Crippen LogP contribution in [-0.2, 0) is 11.3 Å². The van der Waals surface area contributed by atoms with Gasteiger partial charge in [0.1, 0.15) is 5.75 Å². The Bertz CT molecular complexity index is 771. The number of para-hydroxylation sites is 1. The van der Waals surface area contributed by atoms with Crippen molar-refractivity contribution >= 4 is 5.91 Å². The predicted molar refractivity (Wildman–Crippen MR) is 102 cm³/mol. The summed E-state index contributed by atoms with van der Waals surface area (Å²) in [5.41, 5.74) is 1.98. The van der Waals surface area contributed by atoms with Gasteiger partial charge in [-0.1, -0.05) is 48.0 Å². The SMILES string of the molecule is Cc1cccc(CN2CCC(NC(=O)C3(Oc4ccccc4)CC3)C2)c1. The average molecular weight is 350 g/mol. The number of rotatable bonds is 6. The predicted octanol–water partition coefficient (Wildman–Crippen LogP) is 3.30. The van der Waals surface area contributed by atoms with Crippen molar-refractivity contribution in [3.05, 3.63) is 65.7 Å². The summed E-state index contributed by atoms with van der Waals surface area (Å²) in [6.45, 7) is 4.99. The van der Waals surface area contributed by atoms with Gasteiger partial charge in [-0.2, -0.15) is 0 Å². The molecule has 1 saturated carbocycles. The van der Waals surface area contributed by atoms with Gasteiger partial charge in [-0.05, 0) is 31.0 Å². The smallest absolute Gasteiger partial charge is 0.264 e. The number of carbonyl (C=O) groups excluding carboxylic acids is 1. The molecule has 1 saturated heterocycles. The summed E-state index contributed by atoms with van der Waals surface area (Å²) >= 11 is 0. The first-order valence-corrected chi connectivity index (χ1v) is 9.46. The van der Waals surface area contributed by atoms with Gasteiger partial charge in [0.05, 0.1) is 0 Å². The van der Waals surface area contributed by atoms with Gasteiger partial charge in [0.2, 0.25) is 0 Å². The molecule has 0 spiro atoms. The van der Waals surface area contributed by atoms with Crippen LogP contribution in [0.1, 0.15) is 30.4 Å². The minimum Gasteiger partial charge on any atom is -0.477 e. The third-order valence-corrected chi connectivity index (χ3v) is 5.27. The Kier molecular flexibility index (Phi) is 4.68. The van der Waals surface area contributed by atoms with Gasteiger partial charge in [0, 0.05) is 38.5 Å². The Morgan fingerprint density at radius 2 is 2.00 bits per heavy atom. The number of benzene rings is 2. The molecule has 0 aromatic heterocycles. The van der Waals surface area contributed by atoms with Crippen LogP contribution in [-0.4, -0.2) is 35.5 Å². The van der Waals surface area contributed by atoms with Gasteiger partial charge in [-0.3, -0.25) is 9.69 Å². The van der Waals surface area contributed by atoms with Crippen LogP contribution in [0, 0.1) is 6.92 Å². The monoisotopic (exact) mass is 350 g/mol. The number of nitrogens with zero attached hydrogens (tertiary/aromatic N) is 1. The number of hydrogen-bond donors (Lipinski definition) is 1. The Labute approximate surface area is 155 Å². The van der Waals surface area contributed by atoms with Gasteiger partial charge in [-0.25, -0.2) is 0 Å². The molecule has 1 aliphatic heterocycles. The van der Waals surface area contributed by atoms with E-state index in [1.807, 2.05) is 30.3 Å². The fourth-order valence-corrected chi connectivity index (χ4v) is 3.68. The molecule has 1 atom stereocenters. The molecule has 1 N–H and O–H groups in total. The molecule has 4 nitrogen and oxygen atoms in total. The lowest BCUT2D eigenvalue weighted by molar-refractivity contribution is -0.130. The molecule has 1 aliphatic carbocycles.